The van der Waals surface area contributed by atoms with Gasteiger partial charge in [0.05, 0.1) is 0 Å². The lowest BCUT2D eigenvalue weighted by molar-refractivity contribution is -0.117. The fourth-order valence-electron chi connectivity index (χ4n) is 1.36. The molecule has 0 aromatic heterocycles. The van der Waals surface area contributed by atoms with Crippen LogP contribution in [0, 0.1) is 5.82 Å². The highest BCUT2D eigenvalue weighted by atomic mass is 79.9. The van der Waals surface area contributed by atoms with Crippen molar-refractivity contribution >= 4 is 27.9 Å². The van der Waals surface area contributed by atoms with Gasteiger partial charge in [-0.25, -0.2) is 4.39 Å². The van der Waals surface area contributed by atoms with Crippen LogP contribution in [0.15, 0.2) is 28.7 Å². The summed E-state index contributed by atoms with van der Waals surface area (Å²) in [6.07, 6.45) is 3.19. The van der Waals surface area contributed by atoms with Crippen molar-refractivity contribution in [1.29, 1.82) is 0 Å². The standard InChI is InChI=1S/C13H15BrFNO2/c1-9(6-7-17)16-13(18)5-2-10-8-11(14)3-4-12(10)15/h2-5,8-9,17H,6-7H2,1H3,(H,16,18)/b5-2+. The second kappa shape index (κ2) is 7.28. The van der Waals surface area contributed by atoms with E-state index in [0.717, 1.165) is 4.47 Å². The molecule has 0 spiro atoms. The number of nitrogens with one attached hydrogen (secondary N) is 1. The third kappa shape index (κ3) is 4.98. The quantitative estimate of drug-likeness (QED) is 0.820. The fraction of sp³-hybridized carbons (Fsp3) is 0.308. The highest BCUT2D eigenvalue weighted by Gasteiger charge is 2.04. The molecule has 98 valence electrons. The maximum Gasteiger partial charge on any atom is 0.244 e. The molecule has 2 N–H and O–H groups in total. The van der Waals surface area contributed by atoms with Gasteiger partial charge in [-0.1, -0.05) is 15.9 Å². The van der Waals surface area contributed by atoms with Crippen LogP contribution in [0.5, 0.6) is 0 Å². The minimum absolute atomic E-state index is 0.0193. The van der Waals surface area contributed by atoms with Crippen LogP contribution in [0.3, 0.4) is 0 Å². The van der Waals surface area contributed by atoms with E-state index in [2.05, 4.69) is 21.2 Å². The van der Waals surface area contributed by atoms with E-state index in [4.69, 9.17) is 5.11 Å². The second-order valence-electron chi connectivity index (χ2n) is 3.92. The lowest BCUT2D eigenvalue weighted by atomic mass is 10.2. The van der Waals surface area contributed by atoms with Crippen LogP contribution in [-0.4, -0.2) is 23.7 Å². The zero-order chi connectivity index (χ0) is 13.5. The number of aliphatic hydroxyl groups is 1. The molecule has 1 rings (SSSR count). The summed E-state index contributed by atoms with van der Waals surface area (Å²) >= 11 is 3.24. The number of carbonyl (C=O) groups excluding carboxylic acids is 1. The third-order valence-electron chi connectivity index (χ3n) is 2.32. The Hall–Kier alpha value is -1.20. The molecule has 1 aromatic rings. The van der Waals surface area contributed by atoms with Crippen molar-refractivity contribution in [2.24, 2.45) is 0 Å². The molecule has 0 heterocycles. The lowest BCUT2D eigenvalue weighted by Gasteiger charge is -2.09. The Morgan fingerprint density at radius 3 is 3.00 bits per heavy atom. The first-order valence-electron chi connectivity index (χ1n) is 5.57. The van der Waals surface area contributed by atoms with Crippen LogP contribution >= 0.6 is 15.9 Å². The van der Waals surface area contributed by atoms with E-state index in [-0.39, 0.29) is 24.4 Å². The molecule has 0 aliphatic carbocycles. The largest absolute Gasteiger partial charge is 0.396 e. The van der Waals surface area contributed by atoms with Gasteiger partial charge in [-0.05, 0) is 37.6 Å². The molecule has 1 unspecified atom stereocenters. The molecule has 0 bridgehead atoms. The van der Waals surface area contributed by atoms with Crippen LogP contribution < -0.4 is 5.32 Å². The minimum atomic E-state index is -0.384. The number of carbonyl (C=O) groups is 1. The Balaban J connectivity index is 2.63. The zero-order valence-electron chi connectivity index (χ0n) is 9.99. The summed E-state index contributed by atoms with van der Waals surface area (Å²) in [7, 11) is 0. The van der Waals surface area contributed by atoms with Crippen LogP contribution in [0.1, 0.15) is 18.9 Å². The maximum absolute atomic E-state index is 13.4. The number of halogens is 2. The van der Waals surface area contributed by atoms with E-state index in [9.17, 15) is 9.18 Å². The summed E-state index contributed by atoms with van der Waals surface area (Å²) < 4.78 is 14.1. The van der Waals surface area contributed by atoms with Crippen LogP contribution in [0.25, 0.3) is 6.08 Å². The molecule has 0 radical (unpaired) electrons. The first-order chi connectivity index (χ1) is 8.52. The van der Waals surface area contributed by atoms with Crippen molar-refractivity contribution in [3.63, 3.8) is 0 Å². The topological polar surface area (TPSA) is 49.3 Å². The van der Waals surface area contributed by atoms with Gasteiger partial charge >= 0.3 is 0 Å². The smallest absolute Gasteiger partial charge is 0.244 e. The van der Waals surface area contributed by atoms with Gasteiger partial charge in [0.2, 0.25) is 5.91 Å². The Morgan fingerprint density at radius 2 is 2.33 bits per heavy atom. The molecule has 5 heteroatoms. The second-order valence-corrected chi connectivity index (χ2v) is 4.84. The molecule has 0 aliphatic heterocycles. The highest BCUT2D eigenvalue weighted by molar-refractivity contribution is 9.10. The summed E-state index contributed by atoms with van der Waals surface area (Å²) in [5.74, 6) is -0.694. The number of benzene rings is 1. The average molecular weight is 316 g/mol. The summed E-state index contributed by atoms with van der Waals surface area (Å²) in [5.41, 5.74) is 0.342. The van der Waals surface area contributed by atoms with Gasteiger partial charge in [0.25, 0.3) is 0 Å². The molecule has 1 atom stereocenters. The molecule has 3 nitrogen and oxygen atoms in total. The number of amides is 1. The van der Waals surface area contributed by atoms with Crippen LogP contribution in [-0.2, 0) is 4.79 Å². The molecule has 0 saturated heterocycles. The van der Waals surface area contributed by atoms with Gasteiger partial charge in [0.1, 0.15) is 5.82 Å². The van der Waals surface area contributed by atoms with Crippen molar-refractivity contribution < 1.29 is 14.3 Å². The monoisotopic (exact) mass is 315 g/mol. The van der Waals surface area contributed by atoms with E-state index in [1.54, 1.807) is 19.1 Å². The van der Waals surface area contributed by atoms with Gasteiger partial charge in [-0.3, -0.25) is 4.79 Å². The van der Waals surface area contributed by atoms with Gasteiger partial charge in [-0.2, -0.15) is 0 Å². The van der Waals surface area contributed by atoms with E-state index in [1.165, 1.54) is 18.2 Å². The fourth-order valence-corrected chi connectivity index (χ4v) is 1.74. The number of rotatable bonds is 5. The summed E-state index contributed by atoms with van der Waals surface area (Å²) in [4.78, 5) is 11.5. The van der Waals surface area contributed by atoms with Crippen LogP contribution in [0.2, 0.25) is 0 Å². The Kier molecular flexibility index (Phi) is 6.01. The van der Waals surface area contributed by atoms with Crippen molar-refractivity contribution in [3.8, 4) is 0 Å². The molecule has 1 amide bonds. The summed E-state index contributed by atoms with van der Waals surface area (Å²) in [6, 6.07) is 4.40. The van der Waals surface area contributed by atoms with E-state index < -0.39 is 0 Å². The predicted molar refractivity (Wildman–Crippen MR) is 72.4 cm³/mol. The van der Waals surface area contributed by atoms with Gasteiger partial charge in [0.15, 0.2) is 0 Å². The molecule has 0 fully saturated rings. The summed E-state index contributed by atoms with van der Waals surface area (Å²) in [6.45, 7) is 1.81. The maximum atomic E-state index is 13.4. The first kappa shape index (κ1) is 14.9. The predicted octanol–water partition coefficient (Wildman–Crippen LogP) is 2.49. The van der Waals surface area contributed by atoms with Crippen molar-refractivity contribution in [1.82, 2.24) is 5.32 Å². The summed E-state index contributed by atoms with van der Waals surface area (Å²) in [5, 5.41) is 11.4. The number of hydrogen-bond donors (Lipinski definition) is 2. The molecular weight excluding hydrogens is 301 g/mol. The highest BCUT2D eigenvalue weighted by Crippen LogP contribution is 2.16. The minimum Gasteiger partial charge on any atom is -0.396 e. The normalized spacial score (nSPS) is 12.7. The Morgan fingerprint density at radius 1 is 1.61 bits per heavy atom. The number of aliphatic hydroxyl groups excluding tert-OH is 1. The third-order valence-corrected chi connectivity index (χ3v) is 2.82. The average Bonchev–Trinajstić information content (AvgIpc) is 2.30. The molecular formula is C13H15BrFNO2. The van der Waals surface area contributed by atoms with Gasteiger partial charge in [0, 0.05) is 28.8 Å². The molecule has 0 aliphatic rings. The molecule has 0 saturated carbocycles. The molecule has 18 heavy (non-hydrogen) atoms. The van der Waals surface area contributed by atoms with Crippen molar-refractivity contribution in [2.75, 3.05) is 6.61 Å². The van der Waals surface area contributed by atoms with Crippen molar-refractivity contribution in [2.45, 2.75) is 19.4 Å². The van der Waals surface area contributed by atoms with E-state index >= 15 is 0 Å². The van der Waals surface area contributed by atoms with E-state index in [0.29, 0.717) is 12.0 Å². The van der Waals surface area contributed by atoms with Crippen LogP contribution in [0.4, 0.5) is 4.39 Å². The Labute approximate surface area is 114 Å². The van der Waals surface area contributed by atoms with E-state index in [1.807, 2.05) is 0 Å². The first-order valence-corrected chi connectivity index (χ1v) is 6.36. The Bertz CT molecular complexity index is 449. The SMILES string of the molecule is CC(CCO)NC(=O)/C=C/c1cc(Br)ccc1F. The zero-order valence-corrected chi connectivity index (χ0v) is 11.6. The lowest BCUT2D eigenvalue weighted by Crippen LogP contribution is -2.31. The van der Waals surface area contributed by atoms with Gasteiger partial charge < -0.3 is 10.4 Å². The number of hydrogen-bond acceptors (Lipinski definition) is 2. The van der Waals surface area contributed by atoms with Crippen molar-refractivity contribution in [3.05, 3.63) is 40.1 Å². The van der Waals surface area contributed by atoms with Gasteiger partial charge in [-0.15, -0.1) is 0 Å². The molecule has 1 aromatic carbocycles.